The van der Waals surface area contributed by atoms with Gasteiger partial charge in [0.15, 0.2) is 5.76 Å². The normalized spacial score (nSPS) is 23.9. The number of nitrogens with two attached hydrogens (primary N) is 1. The fourth-order valence-corrected chi connectivity index (χ4v) is 3.00. The number of nitrogens with zero attached hydrogens (tertiary/aromatic N) is 1. The number of aromatic nitrogens is 1. The van der Waals surface area contributed by atoms with Crippen molar-refractivity contribution in [1.82, 2.24) is 10.5 Å². The van der Waals surface area contributed by atoms with E-state index >= 15 is 0 Å². The monoisotopic (exact) mass is 335 g/mol. The second-order valence-electron chi connectivity index (χ2n) is 5.78. The molecule has 1 aliphatic rings. The van der Waals surface area contributed by atoms with Crippen molar-refractivity contribution in [3.05, 3.63) is 41.0 Å². The highest BCUT2D eigenvalue weighted by atomic mass is 35.5. The molecule has 2 aromatic rings. The average molecular weight is 336 g/mol. The molecule has 1 saturated carbocycles. The lowest BCUT2D eigenvalue weighted by atomic mass is 10.1. The Morgan fingerprint density at radius 1 is 1.43 bits per heavy atom. The predicted molar refractivity (Wildman–Crippen MR) is 85.5 cm³/mol. The smallest absolute Gasteiger partial charge is 0.223 e. The zero-order valence-electron chi connectivity index (χ0n) is 12.4. The van der Waals surface area contributed by atoms with Crippen molar-refractivity contribution in [2.75, 3.05) is 0 Å². The Bertz CT molecular complexity index is 693. The Balaban J connectivity index is 1.60. The van der Waals surface area contributed by atoms with Gasteiger partial charge < -0.3 is 20.7 Å². The molecule has 3 atom stereocenters. The Labute approximate surface area is 138 Å². The van der Waals surface area contributed by atoms with Crippen molar-refractivity contribution in [2.24, 2.45) is 11.7 Å². The zero-order valence-corrected chi connectivity index (χ0v) is 13.2. The molecular formula is C16H18ClN3O3. The first kappa shape index (κ1) is 16.0. The van der Waals surface area contributed by atoms with E-state index in [4.69, 9.17) is 21.9 Å². The second kappa shape index (κ2) is 6.70. The summed E-state index contributed by atoms with van der Waals surface area (Å²) in [6.07, 6.45) is 0.289. The largest absolute Gasteiger partial charge is 0.391 e. The molecule has 1 fully saturated rings. The topological polar surface area (TPSA) is 101 Å². The van der Waals surface area contributed by atoms with E-state index in [0.29, 0.717) is 29.3 Å². The minimum Gasteiger partial charge on any atom is -0.391 e. The maximum atomic E-state index is 12.1. The van der Waals surface area contributed by atoms with Gasteiger partial charge in [0.1, 0.15) is 5.69 Å². The molecule has 1 amide bonds. The molecule has 6 nitrogen and oxygen atoms in total. The van der Waals surface area contributed by atoms with Crippen LogP contribution in [0.4, 0.5) is 0 Å². The van der Waals surface area contributed by atoms with Crippen LogP contribution in [0.3, 0.4) is 0 Å². The number of carbonyl (C=O) groups excluding carboxylic acids is 1. The lowest BCUT2D eigenvalue weighted by Crippen LogP contribution is -2.30. The van der Waals surface area contributed by atoms with Gasteiger partial charge >= 0.3 is 0 Å². The summed E-state index contributed by atoms with van der Waals surface area (Å²) in [7, 11) is 0. The molecule has 1 heterocycles. The Hall–Kier alpha value is -1.89. The first-order chi connectivity index (χ1) is 11.0. The van der Waals surface area contributed by atoms with E-state index in [1.165, 1.54) is 0 Å². The first-order valence-corrected chi connectivity index (χ1v) is 7.84. The molecule has 23 heavy (non-hydrogen) atoms. The third-order valence-corrected chi connectivity index (χ3v) is 4.42. The van der Waals surface area contributed by atoms with Crippen LogP contribution in [0, 0.1) is 5.92 Å². The van der Waals surface area contributed by atoms with Gasteiger partial charge in [-0.05, 0) is 25.0 Å². The highest BCUT2D eigenvalue weighted by Crippen LogP contribution is 2.28. The summed E-state index contributed by atoms with van der Waals surface area (Å²) in [6, 6.07) is 8.73. The van der Waals surface area contributed by atoms with E-state index in [0.717, 1.165) is 5.56 Å². The molecule has 1 aliphatic carbocycles. The molecule has 122 valence electrons. The van der Waals surface area contributed by atoms with Gasteiger partial charge in [0.05, 0.1) is 17.7 Å². The summed E-state index contributed by atoms with van der Waals surface area (Å²) < 4.78 is 5.28. The number of aliphatic hydroxyl groups is 1. The number of halogens is 1. The van der Waals surface area contributed by atoms with Crippen molar-refractivity contribution in [3.8, 4) is 11.3 Å². The number of hydrogen-bond donors (Lipinski definition) is 3. The van der Waals surface area contributed by atoms with E-state index in [2.05, 4.69) is 10.5 Å². The van der Waals surface area contributed by atoms with Crippen LogP contribution in [0.25, 0.3) is 11.3 Å². The van der Waals surface area contributed by atoms with E-state index < -0.39 is 6.10 Å². The van der Waals surface area contributed by atoms with Crippen molar-refractivity contribution in [1.29, 1.82) is 0 Å². The standard InChI is InChI=1S/C16H18ClN3O3/c17-12-4-2-1-3-11(12)15-7-10(20-23-15)8-19-16(22)9-5-13(18)14(21)6-9/h1-4,7,9,13-14,21H,5-6,8,18H2,(H,19,22)/t9-,13+,14+/m0/s1. The van der Waals surface area contributed by atoms with Gasteiger partial charge in [-0.15, -0.1) is 0 Å². The van der Waals surface area contributed by atoms with Crippen molar-refractivity contribution in [3.63, 3.8) is 0 Å². The van der Waals surface area contributed by atoms with Crippen LogP contribution in [0.2, 0.25) is 5.02 Å². The van der Waals surface area contributed by atoms with Gasteiger partial charge in [0, 0.05) is 23.6 Å². The quantitative estimate of drug-likeness (QED) is 0.789. The summed E-state index contributed by atoms with van der Waals surface area (Å²) >= 11 is 6.12. The zero-order chi connectivity index (χ0) is 16.4. The summed E-state index contributed by atoms with van der Waals surface area (Å²) in [5.74, 6) is 0.174. The van der Waals surface area contributed by atoms with Crippen LogP contribution in [-0.4, -0.2) is 28.3 Å². The van der Waals surface area contributed by atoms with Gasteiger partial charge in [-0.1, -0.05) is 28.9 Å². The van der Waals surface area contributed by atoms with Crippen LogP contribution in [-0.2, 0) is 11.3 Å². The number of aliphatic hydroxyl groups excluding tert-OH is 1. The number of carbonyl (C=O) groups is 1. The van der Waals surface area contributed by atoms with Crippen LogP contribution in [0.5, 0.6) is 0 Å². The molecule has 1 aromatic carbocycles. The van der Waals surface area contributed by atoms with Gasteiger partial charge in [0.25, 0.3) is 0 Å². The fourth-order valence-electron chi connectivity index (χ4n) is 2.77. The maximum Gasteiger partial charge on any atom is 0.223 e. The Kier molecular flexibility index (Phi) is 4.66. The fraction of sp³-hybridized carbons (Fsp3) is 0.375. The SMILES string of the molecule is N[C@@H]1C[C@H](C(=O)NCc2cc(-c3ccccc3Cl)on2)C[C@H]1O. The van der Waals surface area contributed by atoms with Gasteiger partial charge in [-0.25, -0.2) is 0 Å². The third-order valence-electron chi connectivity index (χ3n) is 4.09. The van der Waals surface area contributed by atoms with Gasteiger partial charge in [-0.2, -0.15) is 0 Å². The average Bonchev–Trinajstić information content (AvgIpc) is 3.13. The third kappa shape index (κ3) is 3.55. The Morgan fingerprint density at radius 3 is 2.91 bits per heavy atom. The van der Waals surface area contributed by atoms with Gasteiger partial charge in [-0.3, -0.25) is 4.79 Å². The van der Waals surface area contributed by atoms with E-state index in [1.807, 2.05) is 18.2 Å². The number of nitrogens with one attached hydrogen (secondary N) is 1. The first-order valence-electron chi connectivity index (χ1n) is 7.46. The molecule has 0 aliphatic heterocycles. The highest BCUT2D eigenvalue weighted by molar-refractivity contribution is 6.33. The number of rotatable bonds is 4. The molecule has 0 unspecified atom stereocenters. The second-order valence-corrected chi connectivity index (χ2v) is 6.19. The molecule has 0 bridgehead atoms. The predicted octanol–water partition coefficient (Wildman–Crippen LogP) is 1.71. The van der Waals surface area contributed by atoms with Crippen LogP contribution in [0.15, 0.2) is 34.9 Å². The van der Waals surface area contributed by atoms with Crippen molar-refractivity contribution < 1.29 is 14.4 Å². The molecule has 3 rings (SSSR count). The molecule has 0 saturated heterocycles. The lowest BCUT2D eigenvalue weighted by Gasteiger charge is -2.08. The number of amides is 1. The molecule has 7 heteroatoms. The minimum atomic E-state index is -0.607. The van der Waals surface area contributed by atoms with Crippen LogP contribution in [0.1, 0.15) is 18.5 Å². The number of hydrogen-bond acceptors (Lipinski definition) is 5. The molecule has 4 N–H and O–H groups in total. The lowest BCUT2D eigenvalue weighted by molar-refractivity contribution is -0.125. The molecule has 0 spiro atoms. The minimum absolute atomic E-state index is 0.126. The summed E-state index contributed by atoms with van der Waals surface area (Å²) in [6.45, 7) is 0.259. The van der Waals surface area contributed by atoms with Crippen LogP contribution >= 0.6 is 11.6 Å². The van der Waals surface area contributed by atoms with Crippen LogP contribution < -0.4 is 11.1 Å². The molecular weight excluding hydrogens is 318 g/mol. The summed E-state index contributed by atoms with van der Waals surface area (Å²) in [5, 5.41) is 16.9. The summed E-state index contributed by atoms with van der Waals surface area (Å²) in [5.41, 5.74) is 7.09. The van der Waals surface area contributed by atoms with E-state index in [-0.39, 0.29) is 24.4 Å². The summed E-state index contributed by atoms with van der Waals surface area (Å²) in [4.78, 5) is 12.1. The molecule has 1 aromatic heterocycles. The van der Waals surface area contributed by atoms with Crippen molar-refractivity contribution >= 4 is 17.5 Å². The number of benzene rings is 1. The van der Waals surface area contributed by atoms with E-state index in [9.17, 15) is 9.90 Å². The van der Waals surface area contributed by atoms with Gasteiger partial charge in [0.2, 0.25) is 5.91 Å². The van der Waals surface area contributed by atoms with E-state index in [1.54, 1.807) is 12.1 Å². The molecule has 0 radical (unpaired) electrons. The highest BCUT2D eigenvalue weighted by Gasteiger charge is 2.34. The Morgan fingerprint density at radius 2 is 2.22 bits per heavy atom. The maximum absolute atomic E-state index is 12.1. The van der Waals surface area contributed by atoms with Crippen molar-refractivity contribution in [2.45, 2.75) is 31.5 Å².